The van der Waals surface area contributed by atoms with Gasteiger partial charge in [0, 0.05) is 22.6 Å². The van der Waals surface area contributed by atoms with Gasteiger partial charge in [-0.1, -0.05) is 36.4 Å². The molecule has 0 radical (unpaired) electrons. The van der Waals surface area contributed by atoms with Crippen LogP contribution in [0.15, 0.2) is 77.2 Å². The van der Waals surface area contributed by atoms with E-state index in [-0.39, 0.29) is 5.97 Å². The average molecular weight is 439 g/mol. The number of fused-ring (bicyclic) bond motifs is 4. The molecule has 0 N–H and O–H groups in total. The molecular formula is C28H24NO4+. The smallest absolute Gasteiger partial charge is 0.338 e. The summed E-state index contributed by atoms with van der Waals surface area (Å²) in [5, 5.41) is 3.82. The van der Waals surface area contributed by atoms with Crippen LogP contribution in [0.3, 0.4) is 0 Å². The Kier molecular flexibility index (Phi) is 5.09. The first-order valence-corrected chi connectivity index (χ1v) is 10.7. The van der Waals surface area contributed by atoms with Gasteiger partial charge in [0.25, 0.3) is 0 Å². The number of esters is 1. The molecule has 5 heteroatoms. The largest absolute Gasteiger partial charge is 0.496 e. The molecule has 0 spiro atoms. The van der Waals surface area contributed by atoms with Crippen molar-refractivity contribution >= 4 is 27.7 Å². The Hall–Kier alpha value is -4.12. The number of nitrogens with zero attached hydrogens (tertiary/aromatic N) is 1. The predicted octanol–water partition coefficient (Wildman–Crippen LogP) is 5.18. The second-order valence-electron chi connectivity index (χ2n) is 8.09. The minimum Gasteiger partial charge on any atom is -0.496 e. The summed E-state index contributed by atoms with van der Waals surface area (Å²) < 4.78 is 19.4. The van der Waals surface area contributed by atoms with Crippen LogP contribution in [0.4, 0.5) is 0 Å². The van der Waals surface area contributed by atoms with Crippen LogP contribution in [0.5, 0.6) is 5.75 Å². The van der Waals surface area contributed by atoms with Crippen LogP contribution in [0, 0.1) is 0 Å². The predicted molar refractivity (Wildman–Crippen MR) is 131 cm³/mol. The van der Waals surface area contributed by atoms with Crippen molar-refractivity contribution in [2.24, 2.45) is 0 Å². The first kappa shape index (κ1) is 20.8. The molecule has 3 aromatic carbocycles. The van der Waals surface area contributed by atoms with E-state index in [4.69, 9.17) is 13.9 Å². The molecule has 164 valence electrons. The summed E-state index contributed by atoms with van der Waals surface area (Å²) in [5.41, 5.74) is 3.85. The zero-order valence-corrected chi connectivity index (χ0v) is 19.0. The van der Waals surface area contributed by atoms with Crippen molar-refractivity contribution < 1.29 is 18.7 Å². The highest BCUT2D eigenvalue weighted by molar-refractivity contribution is 6.15. The maximum atomic E-state index is 12.7. The minimum atomic E-state index is -0.379. The number of ether oxygens (including phenoxy) is 2. The Labute approximate surface area is 191 Å². The molecule has 0 saturated carbocycles. The van der Waals surface area contributed by atoms with Gasteiger partial charge in [-0.25, -0.2) is 9.37 Å². The van der Waals surface area contributed by atoms with Gasteiger partial charge < -0.3 is 13.9 Å². The summed E-state index contributed by atoms with van der Waals surface area (Å²) in [4.78, 5) is 12.7. The molecular weight excluding hydrogens is 414 g/mol. The Balaban J connectivity index is 2.04. The second-order valence-corrected chi connectivity index (χ2v) is 8.09. The molecule has 1 heterocycles. The fourth-order valence-corrected chi connectivity index (χ4v) is 4.40. The number of hydrogen-bond donors (Lipinski definition) is 0. The van der Waals surface area contributed by atoms with E-state index in [1.807, 2.05) is 73.3 Å². The molecule has 0 fully saturated rings. The van der Waals surface area contributed by atoms with Gasteiger partial charge >= 0.3 is 5.97 Å². The molecule has 0 aromatic heterocycles. The third-order valence-electron chi connectivity index (χ3n) is 6.01. The van der Waals surface area contributed by atoms with Gasteiger partial charge in [-0.3, -0.25) is 0 Å². The lowest BCUT2D eigenvalue weighted by Gasteiger charge is -2.18. The highest BCUT2D eigenvalue weighted by atomic mass is 16.5. The molecule has 5 nitrogen and oxygen atoms in total. The lowest BCUT2D eigenvalue weighted by atomic mass is 9.89. The van der Waals surface area contributed by atoms with E-state index in [1.165, 1.54) is 7.11 Å². The third-order valence-corrected chi connectivity index (χ3v) is 6.01. The van der Waals surface area contributed by atoms with E-state index >= 15 is 0 Å². The number of benzene rings is 4. The lowest BCUT2D eigenvalue weighted by molar-refractivity contribution is 0.0601. The zero-order chi connectivity index (χ0) is 23.1. The summed E-state index contributed by atoms with van der Waals surface area (Å²) in [6.45, 7) is 0. The first-order valence-electron chi connectivity index (χ1n) is 10.7. The summed E-state index contributed by atoms with van der Waals surface area (Å²) in [6.07, 6.45) is 0. The molecule has 0 unspecified atom stereocenters. The van der Waals surface area contributed by atoms with E-state index in [0.717, 1.165) is 49.7 Å². The third kappa shape index (κ3) is 3.33. The molecule has 1 aliphatic carbocycles. The van der Waals surface area contributed by atoms with E-state index < -0.39 is 0 Å². The SMILES string of the molecule is COC(=O)c1ccccc1-c1c2ccc(=[N+](C)C)cc-2oc2c1ccc1cccc(OC)c12. The van der Waals surface area contributed by atoms with Gasteiger partial charge in [0.15, 0.2) is 0 Å². The molecule has 33 heavy (non-hydrogen) atoms. The molecule has 0 bridgehead atoms. The second kappa shape index (κ2) is 8.10. The van der Waals surface area contributed by atoms with Crippen molar-refractivity contribution in [2.45, 2.75) is 0 Å². The minimum absolute atomic E-state index is 0.379. The van der Waals surface area contributed by atoms with Crippen LogP contribution in [0.25, 0.3) is 44.2 Å². The Bertz CT molecular complexity index is 1570. The van der Waals surface area contributed by atoms with Crippen LogP contribution in [0.1, 0.15) is 10.4 Å². The Morgan fingerprint density at radius 3 is 2.45 bits per heavy atom. The van der Waals surface area contributed by atoms with Crippen molar-refractivity contribution in [3.8, 4) is 28.2 Å². The standard InChI is InChI=1S/C28H24NO4/c1-29(2)18-13-15-21-24(16-18)33-27-22(14-12-17-8-7-11-23(31-3)25(17)27)26(21)19-9-5-6-10-20(19)28(30)32-4/h5-16H,1-4H3/q+1. The van der Waals surface area contributed by atoms with Crippen LogP contribution < -0.4 is 14.7 Å². The average Bonchev–Trinajstić information content (AvgIpc) is 2.85. The van der Waals surface area contributed by atoms with Crippen LogP contribution >= 0.6 is 0 Å². The highest BCUT2D eigenvalue weighted by Gasteiger charge is 2.23. The summed E-state index contributed by atoms with van der Waals surface area (Å²) in [7, 11) is 7.05. The van der Waals surface area contributed by atoms with Crippen molar-refractivity contribution in [2.75, 3.05) is 28.3 Å². The van der Waals surface area contributed by atoms with Gasteiger partial charge in [0.05, 0.1) is 31.2 Å². The number of rotatable bonds is 3. The topological polar surface area (TPSA) is 51.7 Å². The van der Waals surface area contributed by atoms with Gasteiger partial charge in [-0.2, -0.15) is 0 Å². The van der Waals surface area contributed by atoms with Gasteiger partial charge in [-0.05, 0) is 35.2 Å². The fourth-order valence-electron chi connectivity index (χ4n) is 4.40. The van der Waals surface area contributed by atoms with Crippen molar-refractivity contribution in [1.82, 2.24) is 4.58 Å². The maximum absolute atomic E-state index is 12.7. The summed E-state index contributed by atoms with van der Waals surface area (Å²) in [6, 6.07) is 23.7. The molecule has 0 atom stereocenters. The molecule has 5 rings (SSSR count). The summed E-state index contributed by atoms with van der Waals surface area (Å²) >= 11 is 0. The lowest BCUT2D eigenvalue weighted by Crippen LogP contribution is -2.21. The van der Waals surface area contributed by atoms with E-state index in [9.17, 15) is 4.79 Å². The molecule has 0 amide bonds. The number of methoxy groups -OCH3 is 2. The van der Waals surface area contributed by atoms with Gasteiger partial charge in [0.1, 0.15) is 31.2 Å². The normalized spacial score (nSPS) is 11.2. The number of hydrogen-bond acceptors (Lipinski definition) is 4. The van der Waals surface area contributed by atoms with Gasteiger partial charge in [-0.15, -0.1) is 0 Å². The highest BCUT2D eigenvalue weighted by Crippen LogP contribution is 2.44. The molecule has 1 aliphatic heterocycles. The van der Waals surface area contributed by atoms with Crippen LogP contribution in [-0.2, 0) is 4.74 Å². The van der Waals surface area contributed by atoms with Gasteiger partial charge in [0.2, 0.25) is 5.36 Å². The molecule has 3 aromatic rings. The number of carbonyl (C=O) groups excluding carboxylic acids is 1. The van der Waals surface area contributed by atoms with Crippen molar-refractivity contribution in [1.29, 1.82) is 0 Å². The van der Waals surface area contributed by atoms with E-state index in [2.05, 4.69) is 12.1 Å². The molecule has 2 aliphatic rings. The molecule has 0 saturated heterocycles. The monoisotopic (exact) mass is 438 g/mol. The summed E-state index contributed by atoms with van der Waals surface area (Å²) in [5.74, 6) is 1.08. The fraction of sp³-hybridized carbons (Fsp3) is 0.143. The Morgan fingerprint density at radius 2 is 1.70 bits per heavy atom. The van der Waals surface area contributed by atoms with E-state index in [0.29, 0.717) is 11.1 Å². The zero-order valence-electron chi connectivity index (χ0n) is 19.0. The van der Waals surface area contributed by atoms with Crippen molar-refractivity contribution in [3.63, 3.8) is 0 Å². The van der Waals surface area contributed by atoms with Crippen molar-refractivity contribution in [3.05, 3.63) is 83.7 Å². The van der Waals surface area contributed by atoms with E-state index in [1.54, 1.807) is 13.2 Å². The van der Waals surface area contributed by atoms with Crippen LogP contribution in [0.2, 0.25) is 0 Å². The number of carbonyl (C=O) groups is 1. The first-order chi connectivity index (χ1) is 16.0. The Morgan fingerprint density at radius 1 is 0.879 bits per heavy atom. The quantitative estimate of drug-likeness (QED) is 0.168. The van der Waals surface area contributed by atoms with Crippen LogP contribution in [-0.4, -0.2) is 34.3 Å². The maximum Gasteiger partial charge on any atom is 0.338 e.